The SMILES string of the molecule is CCc1ccc(-c2noc(COC(=O)CCc3c(C)nc(SC)nc3C)n2)cc1. The van der Waals surface area contributed by atoms with E-state index in [4.69, 9.17) is 9.26 Å². The Hall–Kier alpha value is -2.74. The first kappa shape index (κ1) is 21.0. The lowest BCUT2D eigenvalue weighted by atomic mass is 10.1. The zero-order chi connectivity index (χ0) is 20.8. The van der Waals surface area contributed by atoms with Gasteiger partial charge in [-0.15, -0.1) is 0 Å². The van der Waals surface area contributed by atoms with Crippen LogP contribution in [0.25, 0.3) is 11.4 Å². The summed E-state index contributed by atoms with van der Waals surface area (Å²) < 4.78 is 10.5. The number of thioether (sulfide) groups is 1. The Kier molecular flexibility index (Phi) is 6.98. The molecule has 0 amide bonds. The Bertz CT molecular complexity index is 963. The summed E-state index contributed by atoms with van der Waals surface area (Å²) in [4.78, 5) is 25.3. The van der Waals surface area contributed by atoms with Gasteiger partial charge in [0.2, 0.25) is 5.82 Å². The number of esters is 1. The van der Waals surface area contributed by atoms with Crippen LogP contribution in [0.15, 0.2) is 33.9 Å². The molecule has 0 N–H and O–H groups in total. The fraction of sp³-hybridized carbons (Fsp3) is 0.381. The average Bonchev–Trinajstić information content (AvgIpc) is 3.20. The Balaban J connectivity index is 1.53. The van der Waals surface area contributed by atoms with Gasteiger partial charge in [0.1, 0.15) is 0 Å². The van der Waals surface area contributed by atoms with Gasteiger partial charge in [-0.05, 0) is 44.1 Å². The van der Waals surface area contributed by atoms with Gasteiger partial charge >= 0.3 is 5.97 Å². The van der Waals surface area contributed by atoms with Crippen molar-refractivity contribution >= 4 is 17.7 Å². The molecule has 0 bridgehead atoms. The minimum Gasteiger partial charge on any atom is -0.456 e. The molecule has 3 rings (SSSR count). The van der Waals surface area contributed by atoms with Crippen molar-refractivity contribution in [2.75, 3.05) is 6.26 Å². The van der Waals surface area contributed by atoms with E-state index in [0.29, 0.717) is 12.2 Å². The Morgan fingerprint density at radius 1 is 1.10 bits per heavy atom. The maximum atomic E-state index is 12.1. The molecule has 7 nitrogen and oxygen atoms in total. The summed E-state index contributed by atoms with van der Waals surface area (Å²) in [6, 6.07) is 7.97. The molecule has 0 spiro atoms. The maximum Gasteiger partial charge on any atom is 0.306 e. The summed E-state index contributed by atoms with van der Waals surface area (Å²) in [5, 5.41) is 4.70. The third-order valence-electron chi connectivity index (χ3n) is 4.61. The maximum absolute atomic E-state index is 12.1. The molecule has 1 aromatic carbocycles. The zero-order valence-electron chi connectivity index (χ0n) is 17.1. The number of rotatable bonds is 8. The van der Waals surface area contributed by atoms with E-state index < -0.39 is 0 Å². The fourth-order valence-electron chi connectivity index (χ4n) is 2.92. The summed E-state index contributed by atoms with van der Waals surface area (Å²) >= 11 is 1.50. The molecule has 3 aromatic rings. The average molecular weight is 413 g/mol. The van der Waals surface area contributed by atoms with Crippen molar-refractivity contribution in [3.05, 3.63) is 52.7 Å². The van der Waals surface area contributed by atoms with Crippen molar-refractivity contribution in [1.82, 2.24) is 20.1 Å². The van der Waals surface area contributed by atoms with Gasteiger partial charge < -0.3 is 9.26 Å². The van der Waals surface area contributed by atoms with Crippen LogP contribution in [0.5, 0.6) is 0 Å². The Labute approximate surface area is 174 Å². The second-order valence-corrected chi connectivity index (χ2v) is 7.36. The summed E-state index contributed by atoms with van der Waals surface area (Å²) in [7, 11) is 0. The topological polar surface area (TPSA) is 91.0 Å². The fourth-order valence-corrected chi connectivity index (χ4v) is 3.38. The molecule has 0 unspecified atom stereocenters. The van der Waals surface area contributed by atoms with E-state index in [0.717, 1.165) is 34.1 Å². The van der Waals surface area contributed by atoms with Crippen LogP contribution in [0, 0.1) is 13.8 Å². The van der Waals surface area contributed by atoms with Gasteiger partial charge in [-0.1, -0.05) is 48.1 Å². The first-order chi connectivity index (χ1) is 14.0. The van der Waals surface area contributed by atoms with Gasteiger partial charge in [-0.25, -0.2) is 9.97 Å². The molecular weight excluding hydrogens is 388 g/mol. The van der Waals surface area contributed by atoms with Gasteiger partial charge in [0.15, 0.2) is 11.8 Å². The number of nitrogens with zero attached hydrogens (tertiary/aromatic N) is 4. The van der Waals surface area contributed by atoms with Gasteiger partial charge in [0, 0.05) is 23.4 Å². The van der Waals surface area contributed by atoms with E-state index in [2.05, 4.69) is 27.0 Å². The van der Waals surface area contributed by atoms with E-state index in [1.54, 1.807) is 0 Å². The van der Waals surface area contributed by atoms with Crippen LogP contribution in [0.4, 0.5) is 0 Å². The van der Waals surface area contributed by atoms with Crippen LogP contribution in [-0.2, 0) is 29.0 Å². The number of hydrogen-bond acceptors (Lipinski definition) is 8. The van der Waals surface area contributed by atoms with Crippen molar-refractivity contribution in [3.63, 3.8) is 0 Å². The van der Waals surface area contributed by atoms with E-state index in [1.807, 2.05) is 44.4 Å². The van der Waals surface area contributed by atoms with E-state index in [-0.39, 0.29) is 24.9 Å². The van der Waals surface area contributed by atoms with Gasteiger partial charge in [-0.2, -0.15) is 4.98 Å². The standard InChI is InChI=1S/C21H24N4O3S/c1-5-15-6-8-16(9-7-15)20-24-18(28-25-20)12-27-19(26)11-10-17-13(2)22-21(29-4)23-14(17)3/h6-9H,5,10-12H2,1-4H3. The number of carbonyl (C=O) groups is 1. The lowest BCUT2D eigenvalue weighted by Gasteiger charge is -2.09. The molecule has 0 saturated carbocycles. The van der Waals surface area contributed by atoms with Crippen LogP contribution in [0.2, 0.25) is 0 Å². The Morgan fingerprint density at radius 2 is 1.79 bits per heavy atom. The van der Waals surface area contributed by atoms with Crippen molar-refractivity contribution in [1.29, 1.82) is 0 Å². The number of ether oxygens (including phenoxy) is 1. The minimum absolute atomic E-state index is 0.0429. The van der Waals surface area contributed by atoms with Crippen molar-refractivity contribution < 1.29 is 14.1 Å². The molecular formula is C21H24N4O3S. The minimum atomic E-state index is -0.329. The van der Waals surface area contributed by atoms with Crippen molar-refractivity contribution in [2.24, 2.45) is 0 Å². The third-order valence-corrected chi connectivity index (χ3v) is 5.15. The molecule has 2 heterocycles. The molecule has 8 heteroatoms. The van der Waals surface area contributed by atoms with Crippen LogP contribution in [-0.4, -0.2) is 32.3 Å². The van der Waals surface area contributed by atoms with Gasteiger partial charge in [-0.3, -0.25) is 4.79 Å². The highest BCUT2D eigenvalue weighted by molar-refractivity contribution is 7.98. The molecule has 0 radical (unpaired) electrons. The first-order valence-corrected chi connectivity index (χ1v) is 10.7. The zero-order valence-corrected chi connectivity index (χ0v) is 17.9. The third kappa shape index (κ3) is 5.41. The second kappa shape index (κ2) is 9.65. The highest BCUT2D eigenvalue weighted by atomic mass is 32.2. The number of hydrogen-bond donors (Lipinski definition) is 0. The number of carbonyl (C=O) groups excluding carboxylic acids is 1. The highest BCUT2D eigenvalue weighted by Crippen LogP contribution is 2.19. The lowest BCUT2D eigenvalue weighted by Crippen LogP contribution is -2.09. The van der Waals surface area contributed by atoms with Crippen LogP contribution in [0.3, 0.4) is 0 Å². The molecule has 0 aliphatic carbocycles. The summed E-state index contributed by atoms with van der Waals surface area (Å²) in [5.41, 5.74) is 4.87. The largest absolute Gasteiger partial charge is 0.456 e. The molecule has 0 aliphatic heterocycles. The van der Waals surface area contributed by atoms with E-state index >= 15 is 0 Å². The molecule has 0 fully saturated rings. The van der Waals surface area contributed by atoms with Crippen LogP contribution < -0.4 is 0 Å². The van der Waals surface area contributed by atoms with Gasteiger partial charge in [0.25, 0.3) is 5.89 Å². The number of benzene rings is 1. The first-order valence-electron chi connectivity index (χ1n) is 9.45. The van der Waals surface area contributed by atoms with Gasteiger partial charge in [0.05, 0.1) is 0 Å². The lowest BCUT2D eigenvalue weighted by molar-refractivity contribution is -0.145. The van der Waals surface area contributed by atoms with Crippen LogP contribution in [0.1, 0.15) is 41.8 Å². The van der Waals surface area contributed by atoms with E-state index in [1.165, 1.54) is 17.3 Å². The second-order valence-electron chi connectivity index (χ2n) is 6.58. The van der Waals surface area contributed by atoms with Crippen molar-refractivity contribution in [3.8, 4) is 11.4 Å². The summed E-state index contributed by atoms with van der Waals surface area (Å²) in [6.45, 7) is 5.92. The monoisotopic (exact) mass is 412 g/mol. The predicted octanol–water partition coefficient (Wildman–Crippen LogP) is 4.10. The van der Waals surface area contributed by atoms with E-state index in [9.17, 15) is 4.79 Å². The highest BCUT2D eigenvalue weighted by Gasteiger charge is 2.14. The molecule has 0 atom stereocenters. The molecule has 29 heavy (non-hydrogen) atoms. The summed E-state index contributed by atoms with van der Waals surface area (Å²) in [5.74, 6) is 0.425. The molecule has 0 aliphatic rings. The number of aryl methyl sites for hydroxylation is 3. The van der Waals surface area contributed by atoms with Crippen molar-refractivity contribution in [2.45, 2.75) is 51.8 Å². The normalized spacial score (nSPS) is 10.9. The smallest absolute Gasteiger partial charge is 0.306 e. The molecule has 0 saturated heterocycles. The molecule has 2 aromatic heterocycles. The van der Waals surface area contributed by atoms with Crippen LogP contribution >= 0.6 is 11.8 Å². The Morgan fingerprint density at radius 3 is 2.41 bits per heavy atom. The predicted molar refractivity (Wildman–Crippen MR) is 111 cm³/mol. The number of aromatic nitrogens is 4. The summed E-state index contributed by atoms with van der Waals surface area (Å²) in [6.07, 6.45) is 3.68. The quantitative estimate of drug-likeness (QED) is 0.310. The molecule has 152 valence electrons.